The predicted octanol–water partition coefficient (Wildman–Crippen LogP) is 3.51. The van der Waals surface area contributed by atoms with Crippen LogP contribution in [0.1, 0.15) is 23.3 Å². The number of likely N-dealkylation sites (tertiary alicyclic amines) is 1. The highest BCUT2D eigenvalue weighted by Crippen LogP contribution is 2.36. The first-order valence-electron chi connectivity index (χ1n) is 9.30. The molecular formula is C21H23N5O2. The van der Waals surface area contributed by atoms with Crippen molar-refractivity contribution in [3.63, 3.8) is 0 Å². The zero-order valence-corrected chi connectivity index (χ0v) is 15.9. The van der Waals surface area contributed by atoms with Crippen LogP contribution in [-0.2, 0) is 0 Å². The molecule has 4 rings (SSSR count). The third-order valence-corrected chi connectivity index (χ3v) is 5.25. The zero-order chi connectivity index (χ0) is 19.7. The minimum absolute atomic E-state index is 0.179. The summed E-state index contributed by atoms with van der Waals surface area (Å²) in [6.45, 7) is 4.11. The molecule has 28 heavy (non-hydrogen) atoms. The summed E-state index contributed by atoms with van der Waals surface area (Å²) in [5, 5.41) is 17.6. The van der Waals surface area contributed by atoms with E-state index in [0.29, 0.717) is 11.6 Å². The first-order valence-corrected chi connectivity index (χ1v) is 9.30. The van der Waals surface area contributed by atoms with Crippen LogP contribution in [-0.4, -0.2) is 50.9 Å². The summed E-state index contributed by atoms with van der Waals surface area (Å²) < 4.78 is 2.00. The minimum atomic E-state index is -0.994. The molecule has 2 atom stereocenters. The van der Waals surface area contributed by atoms with Crippen molar-refractivity contribution in [2.75, 3.05) is 25.5 Å². The molecule has 144 valence electrons. The van der Waals surface area contributed by atoms with Crippen LogP contribution < -0.4 is 5.32 Å². The lowest BCUT2D eigenvalue weighted by molar-refractivity contribution is 0.0698. The van der Waals surface area contributed by atoms with Crippen molar-refractivity contribution in [2.45, 2.75) is 13.0 Å². The Hall–Kier alpha value is -3.19. The summed E-state index contributed by atoms with van der Waals surface area (Å²) in [6.07, 6.45) is 4.87. The van der Waals surface area contributed by atoms with E-state index < -0.39 is 5.97 Å². The van der Waals surface area contributed by atoms with Crippen LogP contribution in [0.4, 0.5) is 11.5 Å². The fourth-order valence-electron chi connectivity index (χ4n) is 3.88. The Balaban J connectivity index is 1.82. The lowest BCUT2D eigenvalue weighted by atomic mass is 10.1. The van der Waals surface area contributed by atoms with E-state index in [1.807, 2.05) is 41.2 Å². The molecule has 0 spiro atoms. The number of anilines is 2. The second kappa shape index (κ2) is 7.44. The van der Waals surface area contributed by atoms with Crippen molar-refractivity contribution in [2.24, 2.45) is 5.92 Å². The van der Waals surface area contributed by atoms with Gasteiger partial charge in [-0.25, -0.2) is 9.48 Å². The molecule has 3 heterocycles. The normalized spacial score (nSPS) is 19.6. The summed E-state index contributed by atoms with van der Waals surface area (Å²) in [5.74, 6) is 0.224. The average Bonchev–Trinajstić information content (AvgIpc) is 3.25. The van der Waals surface area contributed by atoms with Crippen LogP contribution in [0.15, 0.2) is 55.0 Å². The summed E-state index contributed by atoms with van der Waals surface area (Å²) in [5.41, 5.74) is 2.59. The molecular weight excluding hydrogens is 354 g/mol. The number of aromatic carboxylic acids is 1. The van der Waals surface area contributed by atoms with Crippen molar-refractivity contribution < 1.29 is 9.90 Å². The number of carboxylic acids is 1. The molecule has 0 unspecified atom stereocenters. The number of aromatic nitrogens is 3. The quantitative estimate of drug-likeness (QED) is 0.708. The van der Waals surface area contributed by atoms with Crippen molar-refractivity contribution in [1.29, 1.82) is 0 Å². The van der Waals surface area contributed by atoms with Crippen LogP contribution in [0.25, 0.3) is 11.1 Å². The van der Waals surface area contributed by atoms with Crippen molar-refractivity contribution in [3.8, 4) is 11.1 Å². The standard InChI is InChI=1S/C21H23N5O2/c1-14-12-25(2)13-19(14)26-20(17(10-23-26)15-6-4-3-5-7-15)24-18-11-22-9-8-16(18)21(27)28/h3-11,14,19,24H,12-13H2,1-2H3,(H,27,28)/t14-,19-/m1/s1. The third kappa shape index (κ3) is 3.36. The lowest BCUT2D eigenvalue weighted by Gasteiger charge is -2.20. The first-order chi connectivity index (χ1) is 13.5. The Morgan fingerprint density at radius 3 is 2.64 bits per heavy atom. The summed E-state index contributed by atoms with van der Waals surface area (Å²) >= 11 is 0. The highest BCUT2D eigenvalue weighted by atomic mass is 16.4. The van der Waals surface area contributed by atoms with Gasteiger partial charge < -0.3 is 15.3 Å². The number of nitrogens with zero attached hydrogens (tertiary/aromatic N) is 4. The molecule has 1 aliphatic rings. The van der Waals surface area contributed by atoms with Gasteiger partial charge >= 0.3 is 5.97 Å². The van der Waals surface area contributed by atoms with Gasteiger partial charge in [-0.05, 0) is 24.6 Å². The van der Waals surface area contributed by atoms with Crippen LogP contribution in [0.2, 0.25) is 0 Å². The minimum Gasteiger partial charge on any atom is -0.478 e. The van der Waals surface area contributed by atoms with Crippen molar-refractivity contribution >= 4 is 17.5 Å². The molecule has 2 aromatic heterocycles. The Bertz CT molecular complexity index is 985. The fourth-order valence-corrected chi connectivity index (χ4v) is 3.88. The Morgan fingerprint density at radius 2 is 1.96 bits per heavy atom. The molecule has 0 amide bonds. The van der Waals surface area contributed by atoms with Gasteiger partial charge in [0.2, 0.25) is 0 Å². The first kappa shape index (κ1) is 18.2. The van der Waals surface area contributed by atoms with E-state index in [4.69, 9.17) is 0 Å². The number of pyridine rings is 1. The summed E-state index contributed by atoms with van der Waals surface area (Å²) in [7, 11) is 2.11. The number of nitrogens with one attached hydrogen (secondary N) is 1. The summed E-state index contributed by atoms with van der Waals surface area (Å²) in [4.78, 5) is 18.0. The maximum atomic E-state index is 11.6. The number of carboxylic acid groups (broad SMARTS) is 1. The Morgan fingerprint density at radius 1 is 1.18 bits per heavy atom. The number of likely N-dealkylation sites (N-methyl/N-ethyl adjacent to an activating group) is 1. The molecule has 2 N–H and O–H groups in total. The van der Waals surface area contributed by atoms with E-state index in [1.165, 1.54) is 12.3 Å². The molecule has 1 aliphatic heterocycles. The van der Waals surface area contributed by atoms with Gasteiger partial charge in [0.25, 0.3) is 0 Å². The van der Waals surface area contributed by atoms with Crippen molar-refractivity contribution in [1.82, 2.24) is 19.7 Å². The van der Waals surface area contributed by atoms with Gasteiger partial charge in [-0.15, -0.1) is 0 Å². The second-order valence-electron chi connectivity index (χ2n) is 7.33. The maximum absolute atomic E-state index is 11.6. The number of hydrogen-bond donors (Lipinski definition) is 2. The van der Waals surface area contributed by atoms with Gasteiger partial charge in [-0.3, -0.25) is 4.98 Å². The molecule has 1 aromatic carbocycles. The number of benzene rings is 1. The van der Waals surface area contributed by atoms with E-state index >= 15 is 0 Å². The van der Waals surface area contributed by atoms with Gasteiger partial charge in [0, 0.05) is 24.8 Å². The second-order valence-corrected chi connectivity index (χ2v) is 7.33. The van der Waals surface area contributed by atoms with Gasteiger partial charge in [-0.2, -0.15) is 5.10 Å². The van der Waals surface area contributed by atoms with E-state index in [2.05, 4.69) is 34.3 Å². The molecule has 0 aliphatic carbocycles. The van der Waals surface area contributed by atoms with E-state index in [-0.39, 0.29) is 11.6 Å². The number of hydrogen-bond acceptors (Lipinski definition) is 5. The van der Waals surface area contributed by atoms with Crippen LogP contribution in [0.3, 0.4) is 0 Å². The molecule has 1 fully saturated rings. The van der Waals surface area contributed by atoms with Gasteiger partial charge in [0.15, 0.2) is 0 Å². The molecule has 1 saturated heterocycles. The molecule has 0 saturated carbocycles. The van der Waals surface area contributed by atoms with Gasteiger partial charge in [0.1, 0.15) is 5.82 Å². The molecule has 7 heteroatoms. The van der Waals surface area contributed by atoms with E-state index in [1.54, 1.807) is 6.20 Å². The van der Waals surface area contributed by atoms with Crippen LogP contribution in [0.5, 0.6) is 0 Å². The number of rotatable bonds is 5. The van der Waals surface area contributed by atoms with Crippen LogP contribution in [0, 0.1) is 5.92 Å². The van der Waals surface area contributed by atoms with Crippen LogP contribution >= 0.6 is 0 Å². The van der Waals surface area contributed by atoms with Gasteiger partial charge in [0.05, 0.1) is 29.7 Å². The zero-order valence-electron chi connectivity index (χ0n) is 15.9. The molecule has 0 bridgehead atoms. The maximum Gasteiger partial charge on any atom is 0.337 e. The van der Waals surface area contributed by atoms with E-state index in [0.717, 1.165) is 30.0 Å². The van der Waals surface area contributed by atoms with E-state index in [9.17, 15) is 9.90 Å². The number of carbonyl (C=O) groups is 1. The largest absolute Gasteiger partial charge is 0.478 e. The Labute approximate surface area is 163 Å². The lowest BCUT2D eigenvalue weighted by Crippen LogP contribution is -2.20. The summed E-state index contributed by atoms with van der Waals surface area (Å²) in [6, 6.07) is 11.7. The average molecular weight is 377 g/mol. The third-order valence-electron chi connectivity index (χ3n) is 5.25. The smallest absolute Gasteiger partial charge is 0.337 e. The highest BCUT2D eigenvalue weighted by Gasteiger charge is 2.32. The Kier molecular flexibility index (Phi) is 4.83. The topological polar surface area (TPSA) is 83.3 Å². The fraction of sp³-hybridized carbons (Fsp3) is 0.286. The van der Waals surface area contributed by atoms with Gasteiger partial charge in [-0.1, -0.05) is 37.3 Å². The predicted molar refractivity (Wildman–Crippen MR) is 108 cm³/mol. The monoisotopic (exact) mass is 377 g/mol. The molecule has 0 radical (unpaired) electrons. The molecule has 7 nitrogen and oxygen atoms in total. The molecule has 3 aromatic rings. The SMILES string of the molecule is C[C@@H]1CN(C)C[C@H]1n1ncc(-c2ccccc2)c1Nc1cnccc1C(=O)O. The van der Waals surface area contributed by atoms with Crippen molar-refractivity contribution in [3.05, 3.63) is 60.6 Å². The highest BCUT2D eigenvalue weighted by molar-refractivity contribution is 5.95.